The van der Waals surface area contributed by atoms with E-state index in [9.17, 15) is 5.26 Å². The molecule has 44 heavy (non-hydrogen) atoms. The molecule has 0 N–H and O–H groups in total. The number of nitrogens with zero attached hydrogens (tertiary/aromatic N) is 7. The van der Waals surface area contributed by atoms with Gasteiger partial charge in [-0.05, 0) is 43.0 Å². The van der Waals surface area contributed by atoms with Gasteiger partial charge in [-0.3, -0.25) is 4.90 Å². The number of anilines is 1. The van der Waals surface area contributed by atoms with Gasteiger partial charge in [0.1, 0.15) is 17.6 Å². The number of nitriles is 1. The van der Waals surface area contributed by atoms with E-state index in [1.165, 1.54) is 12.0 Å². The third-order valence-corrected chi connectivity index (χ3v) is 9.62. The van der Waals surface area contributed by atoms with Gasteiger partial charge in [-0.2, -0.15) is 10.4 Å². The van der Waals surface area contributed by atoms with Crippen molar-refractivity contribution < 1.29 is 18.9 Å². The first kappa shape index (κ1) is 27.3. The molecule has 4 aromatic heterocycles. The maximum atomic E-state index is 9.81. The second kappa shape index (κ2) is 11.0. The Morgan fingerprint density at radius 3 is 2.52 bits per heavy atom. The third-order valence-electron chi connectivity index (χ3n) is 9.62. The molecule has 9 rings (SSSR count). The number of rotatable bonds is 7. The van der Waals surface area contributed by atoms with E-state index in [1.807, 2.05) is 30.7 Å². The minimum atomic E-state index is -0.423. The summed E-state index contributed by atoms with van der Waals surface area (Å²) < 4.78 is 25.2. The van der Waals surface area contributed by atoms with E-state index in [0.29, 0.717) is 36.7 Å². The second-order valence-electron chi connectivity index (χ2n) is 12.2. The molecule has 1 saturated carbocycles. The number of piperazine rings is 1. The van der Waals surface area contributed by atoms with Crippen molar-refractivity contribution in [3.05, 3.63) is 66.2 Å². The van der Waals surface area contributed by atoms with Crippen LogP contribution >= 0.6 is 0 Å². The number of ether oxygens (including phenoxy) is 4. The summed E-state index contributed by atoms with van der Waals surface area (Å²) in [5.74, 6) is 1.91. The Morgan fingerprint density at radius 2 is 1.84 bits per heavy atom. The van der Waals surface area contributed by atoms with Crippen LogP contribution in [0.25, 0.3) is 16.6 Å². The standard InChI is InChI=1S/C33H35N7O4/c1-41-31-5-2-22(15-36-31)18-39-25-12-26(39)20-38(19-25)30-4-3-23(16-35-30)29-13-28(21-40-32(29)24(14-34)17-37-40)44-27-6-8-33(9-7-27)42-10-11-43-33/h2-5,13,15-17,21,25-27H,6-12,18-20H2,1H3. The van der Waals surface area contributed by atoms with Crippen molar-refractivity contribution in [3.8, 4) is 28.8 Å². The van der Waals surface area contributed by atoms with E-state index in [1.54, 1.807) is 17.8 Å². The Labute approximate surface area is 255 Å². The van der Waals surface area contributed by atoms with Gasteiger partial charge in [-0.25, -0.2) is 14.5 Å². The van der Waals surface area contributed by atoms with Gasteiger partial charge in [0.2, 0.25) is 5.88 Å². The number of piperidine rings is 1. The molecule has 4 saturated heterocycles. The summed E-state index contributed by atoms with van der Waals surface area (Å²) in [5, 5.41) is 14.3. The van der Waals surface area contributed by atoms with Crippen LogP contribution in [-0.4, -0.2) is 81.9 Å². The molecule has 4 aliphatic heterocycles. The number of pyridine rings is 3. The van der Waals surface area contributed by atoms with E-state index >= 15 is 0 Å². The fourth-order valence-corrected chi connectivity index (χ4v) is 7.29. The molecule has 11 heteroatoms. The molecule has 0 radical (unpaired) electrons. The molecule has 5 fully saturated rings. The average Bonchev–Trinajstić information content (AvgIpc) is 3.72. The maximum absolute atomic E-state index is 9.81. The van der Waals surface area contributed by atoms with Crippen LogP contribution in [0.1, 0.15) is 43.2 Å². The molecule has 5 aliphatic rings. The minimum absolute atomic E-state index is 0.0660. The average molecular weight is 594 g/mol. The molecule has 4 aromatic rings. The summed E-state index contributed by atoms with van der Waals surface area (Å²) in [4.78, 5) is 14.2. The highest BCUT2D eigenvalue weighted by molar-refractivity contribution is 5.85. The van der Waals surface area contributed by atoms with Crippen molar-refractivity contribution in [2.24, 2.45) is 0 Å². The first-order valence-electron chi connectivity index (χ1n) is 15.4. The molecular formula is C33H35N7O4. The third kappa shape index (κ3) is 4.93. The van der Waals surface area contributed by atoms with E-state index in [4.69, 9.17) is 23.9 Å². The molecule has 2 bridgehead atoms. The van der Waals surface area contributed by atoms with Gasteiger partial charge in [-0.15, -0.1) is 0 Å². The van der Waals surface area contributed by atoms with Crippen molar-refractivity contribution in [3.63, 3.8) is 0 Å². The lowest BCUT2D eigenvalue weighted by Crippen LogP contribution is -2.68. The first-order valence-corrected chi connectivity index (χ1v) is 15.4. The quantitative estimate of drug-likeness (QED) is 0.309. The summed E-state index contributed by atoms with van der Waals surface area (Å²) in [6.07, 6.45) is 11.9. The molecule has 0 aromatic carbocycles. The van der Waals surface area contributed by atoms with Gasteiger partial charge >= 0.3 is 0 Å². The summed E-state index contributed by atoms with van der Waals surface area (Å²) in [5.41, 5.74) is 4.29. The van der Waals surface area contributed by atoms with Crippen molar-refractivity contribution in [2.75, 3.05) is 38.3 Å². The van der Waals surface area contributed by atoms with Gasteiger partial charge in [0.25, 0.3) is 0 Å². The van der Waals surface area contributed by atoms with Crippen LogP contribution in [0.2, 0.25) is 0 Å². The lowest BCUT2D eigenvalue weighted by Gasteiger charge is -2.56. The van der Waals surface area contributed by atoms with Gasteiger partial charge in [0.05, 0.1) is 49.9 Å². The smallest absolute Gasteiger partial charge is 0.212 e. The topological polar surface area (TPSA) is 110 Å². The van der Waals surface area contributed by atoms with Gasteiger partial charge in [-0.1, -0.05) is 6.07 Å². The zero-order chi connectivity index (χ0) is 29.7. The molecule has 226 valence electrons. The fourth-order valence-electron chi connectivity index (χ4n) is 7.29. The van der Waals surface area contributed by atoms with Gasteiger partial charge in [0, 0.05) is 74.1 Å². The molecule has 1 aliphatic carbocycles. The number of methoxy groups -OCH3 is 1. The van der Waals surface area contributed by atoms with Crippen LogP contribution in [0.15, 0.2) is 55.1 Å². The zero-order valence-corrected chi connectivity index (χ0v) is 24.8. The Balaban J connectivity index is 0.978. The Kier molecular flexibility index (Phi) is 6.85. The van der Waals surface area contributed by atoms with Crippen LogP contribution in [0.4, 0.5) is 5.82 Å². The normalized spacial score (nSPS) is 23.0. The summed E-state index contributed by atoms with van der Waals surface area (Å²) in [7, 11) is 1.64. The predicted molar refractivity (Wildman–Crippen MR) is 161 cm³/mol. The van der Waals surface area contributed by atoms with Crippen LogP contribution in [0.5, 0.6) is 11.6 Å². The predicted octanol–water partition coefficient (Wildman–Crippen LogP) is 4.20. The monoisotopic (exact) mass is 593 g/mol. The first-order chi connectivity index (χ1) is 21.6. The highest BCUT2D eigenvalue weighted by Gasteiger charge is 2.45. The Morgan fingerprint density at radius 1 is 1.02 bits per heavy atom. The van der Waals surface area contributed by atoms with E-state index in [0.717, 1.165) is 73.5 Å². The van der Waals surface area contributed by atoms with Crippen molar-refractivity contribution >= 4 is 11.3 Å². The Bertz CT molecular complexity index is 1670. The van der Waals surface area contributed by atoms with E-state index in [-0.39, 0.29) is 6.10 Å². The zero-order valence-electron chi connectivity index (χ0n) is 24.8. The van der Waals surface area contributed by atoms with Gasteiger partial charge < -0.3 is 23.8 Å². The summed E-state index contributed by atoms with van der Waals surface area (Å²) >= 11 is 0. The van der Waals surface area contributed by atoms with Gasteiger partial charge in [0.15, 0.2) is 5.79 Å². The molecule has 8 heterocycles. The molecule has 2 atom stereocenters. The second-order valence-corrected chi connectivity index (χ2v) is 12.2. The molecule has 0 amide bonds. The number of fused-ring (bicyclic) bond motifs is 3. The molecule has 1 spiro atoms. The van der Waals surface area contributed by atoms with E-state index in [2.05, 4.69) is 44.2 Å². The largest absolute Gasteiger partial charge is 0.489 e. The number of aromatic nitrogens is 4. The minimum Gasteiger partial charge on any atom is -0.489 e. The van der Waals surface area contributed by atoms with E-state index < -0.39 is 5.79 Å². The number of hydrogen-bond donors (Lipinski definition) is 0. The van der Waals surface area contributed by atoms with Crippen LogP contribution in [0.3, 0.4) is 0 Å². The van der Waals surface area contributed by atoms with Crippen molar-refractivity contribution in [1.82, 2.24) is 24.5 Å². The maximum Gasteiger partial charge on any atom is 0.212 e. The lowest BCUT2D eigenvalue weighted by molar-refractivity contribution is -0.186. The fraction of sp³-hybridized carbons (Fsp3) is 0.455. The summed E-state index contributed by atoms with van der Waals surface area (Å²) in [6.45, 7) is 4.12. The lowest BCUT2D eigenvalue weighted by atomic mass is 9.87. The van der Waals surface area contributed by atoms with Crippen molar-refractivity contribution in [2.45, 2.75) is 62.6 Å². The number of hydrogen-bond acceptors (Lipinski definition) is 10. The van der Waals surface area contributed by atoms with Crippen LogP contribution < -0.4 is 14.4 Å². The highest BCUT2D eigenvalue weighted by atomic mass is 16.7. The van der Waals surface area contributed by atoms with Crippen LogP contribution in [-0.2, 0) is 16.0 Å². The summed E-state index contributed by atoms with van der Waals surface area (Å²) in [6, 6.07) is 13.5. The Hall–Kier alpha value is -4.24. The molecule has 11 nitrogen and oxygen atoms in total. The van der Waals surface area contributed by atoms with Crippen molar-refractivity contribution in [1.29, 1.82) is 5.26 Å². The molecule has 2 unspecified atom stereocenters. The SMILES string of the molecule is COc1ccc(CN2C3CC2CN(c2ccc(-c4cc(OC5CCC6(CC5)OCCO6)cn5ncc(C#N)c45)cn2)C3)cn1. The highest BCUT2D eigenvalue weighted by Crippen LogP contribution is 2.39. The molecular weight excluding hydrogens is 558 g/mol. The van der Waals surface area contributed by atoms with Crippen LogP contribution in [0, 0.1) is 11.3 Å².